The van der Waals surface area contributed by atoms with Gasteiger partial charge >= 0.3 is 0 Å². The van der Waals surface area contributed by atoms with E-state index < -0.39 is 0 Å². The molecule has 0 radical (unpaired) electrons. The lowest BCUT2D eigenvalue weighted by Crippen LogP contribution is -2.42. The molecule has 0 N–H and O–H groups in total. The van der Waals surface area contributed by atoms with Crippen molar-refractivity contribution in [3.8, 4) is 0 Å². The number of hydrogen-bond acceptors (Lipinski definition) is 3. The fourth-order valence-electron chi connectivity index (χ4n) is 2.48. The van der Waals surface area contributed by atoms with Gasteiger partial charge < -0.3 is 0 Å². The van der Waals surface area contributed by atoms with E-state index >= 15 is 0 Å². The van der Waals surface area contributed by atoms with Crippen LogP contribution in [0.25, 0.3) is 0 Å². The van der Waals surface area contributed by atoms with Gasteiger partial charge in [-0.3, -0.25) is 9.69 Å². The summed E-state index contributed by atoms with van der Waals surface area (Å²) >= 11 is 1.39. The van der Waals surface area contributed by atoms with Gasteiger partial charge in [0.15, 0.2) is 0 Å². The van der Waals surface area contributed by atoms with Crippen LogP contribution in [-0.2, 0) is 4.79 Å². The Hall–Kier alpha value is -0.800. The third kappa shape index (κ3) is 3.59. The first kappa shape index (κ1) is 13.6. The van der Waals surface area contributed by atoms with Gasteiger partial charge in [0.05, 0.1) is 6.04 Å². The molecule has 1 aromatic carbocycles. The maximum atomic E-state index is 12.4. The normalized spacial score (nSPS) is 18.5. The summed E-state index contributed by atoms with van der Waals surface area (Å²) in [6.07, 6.45) is 4.70. The molecule has 0 saturated carbocycles. The summed E-state index contributed by atoms with van der Waals surface area (Å²) in [6.45, 7) is 4.28. The first-order chi connectivity index (χ1) is 8.81. The number of benzene rings is 1. The fourth-order valence-corrected chi connectivity index (χ4v) is 3.45. The number of piperidine rings is 1. The second-order valence-electron chi connectivity index (χ2n) is 4.75. The lowest BCUT2D eigenvalue weighted by Gasteiger charge is -2.32. The van der Waals surface area contributed by atoms with E-state index in [9.17, 15) is 4.79 Å². The van der Waals surface area contributed by atoms with Crippen molar-refractivity contribution >= 4 is 16.9 Å². The highest BCUT2D eigenvalue weighted by molar-refractivity contribution is 8.13. The molecule has 0 aromatic heterocycles. The molecule has 18 heavy (non-hydrogen) atoms. The van der Waals surface area contributed by atoms with Gasteiger partial charge in [0.1, 0.15) is 0 Å². The summed E-state index contributed by atoms with van der Waals surface area (Å²) in [5, 5.41) is 0.297. The van der Waals surface area contributed by atoms with Crippen LogP contribution >= 0.6 is 11.8 Å². The van der Waals surface area contributed by atoms with Crippen LogP contribution in [0.3, 0.4) is 0 Å². The summed E-state index contributed by atoms with van der Waals surface area (Å²) in [5.41, 5.74) is 0. The highest BCUT2D eigenvalue weighted by Crippen LogP contribution is 2.24. The van der Waals surface area contributed by atoms with E-state index in [0.717, 1.165) is 24.4 Å². The Morgan fingerprint density at radius 2 is 1.89 bits per heavy atom. The molecule has 1 saturated heterocycles. The Morgan fingerprint density at radius 1 is 1.22 bits per heavy atom. The molecule has 3 heteroatoms. The topological polar surface area (TPSA) is 20.3 Å². The van der Waals surface area contributed by atoms with Crippen molar-refractivity contribution < 1.29 is 4.79 Å². The van der Waals surface area contributed by atoms with E-state index in [1.54, 1.807) is 0 Å². The Labute approximate surface area is 114 Å². The number of rotatable bonds is 4. The van der Waals surface area contributed by atoms with Crippen LogP contribution in [0.15, 0.2) is 35.2 Å². The molecule has 0 bridgehead atoms. The van der Waals surface area contributed by atoms with E-state index in [2.05, 4.69) is 11.8 Å². The van der Waals surface area contributed by atoms with Crippen LogP contribution in [-0.4, -0.2) is 29.1 Å². The first-order valence-corrected chi connectivity index (χ1v) is 7.63. The summed E-state index contributed by atoms with van der Waals surface area (Å²) < 4.78 is 0. The summed E-state index contributed by atoms with van der Waals surface area (Å²) in [4.78, 5) is 15.8. The molecule has 0 amide bonds. The van der Waals surface area contributed by atoms with Crippen molar-refractivity contribution in [1.82, 2.24) is 4.90 Å². The minimum atomic E-state index is 0.0931. The van der Waals surface area contributed by atoms with Gasteiger partial charge in [-0.05, 0) is 44.5 Å². The second kappa shape index (κ2) is 6.95. The number of carbonyl (C=O) groups is 1. The molecule has 1 unspecified atom stereocenters. The van der Waals surface area contributed by atoms with Crippen LogP contribution in [0, 0.1) is 0 Å². The highest BCUT2D eigenvalue weighted by atomic mass is 32.2. The minimum absolute atomic E-state index is 0.0931. The smallest absolute Gasteiger partial charge is 0.210 e. The summed E-state index contributed by atoms with van der Waals surface area (Å²) in [7, 11) is 0. The predicted molar refractivity (Wildman–Crippen MR) is 76.8 cm³/mol. The quantitative estimate of drug-likeness (QED) is 0.775. The maximum Gasteiger partial charge on any atom is 0.210 e. The molecule has 98 valence electrons. The van der Waals surface area contributed by atoms with Crippen LogP contribution in [0.5, 0.6) is 0 Å². The number of likely N-dealkylation sites (tertiary alicyclic amines) is 1. The molecular weight excluding hydrogens is 242 g/mol. The molecule has 2 nitrogen and oxygen atoms in total. The van der Waals surface area contributed by atoms with Crippen molar-refractivity contribution in [3.63, 3.8) is 0 Å². The number of nitrogens with zero attached hydrogens (tertiary/aromatic N) is 1. The average molecular weight is 263 g/mol. The number of carbonyl (C=O) groups excluding carboxylic acids is 1. The van der Waals surface area contributed by atoms with E-state index in [4.69, 9.17) is 0 Å². The average Bonchev–Trinajstić information content (AvgIpc) is 2.42. The van der Waals surface area contributed by atoms with Crippen LogP contribution in [0.2, 0.25) is 0 Å². The van der Waals surface area contributed by atoms with Crippen molar-refractivity contribution in [2.45, 2.75) is 43.5 Å². The maximum absolute atomic E-state index is 12.4. The molecule has 1 heterocycles. The largest absolute Gasteiger partial charge is 0.293 e. The lowest BCUT2D eigenvalue weighted by molar-refractivity contribution is -0.116. The lowest BCUT2D eigenvalue weighted by atomic mass is 10.1. The first-order valence-electron chi connectivity index (χ1n) is 6.82. The molecule has 0 aliphatic carbocycles. The Kier molecular flexibility index (Phi) is 5.26. The van der Waals surface area contributed by atoms with Crippen molar-refractivity contribution in [2.75, 3.05) is 13.1 Å². The standard InChI is InChI=1S/C15H21NOS/c1-2-14(16-11-7-4-8-12-16)15(17)18-13-9-5-3-6-10-13/h3,5-6,9-10,14H,2,4,7-8,11-12H2,1H3. The van der Waals surface area contributed by atoms with Gasteiger partial charge in [0, 0.05) is 4.90 Å². The van der Waals surface area contributed by atoms with Crippen molar-refractivity contribution in [3.05, 3.63) is 30.3 Å². The Morgan fingerprint density at radius 3 is 2.50 bits per heavy atom. The summed E-state index contributed by atoms with van der Waals surface area (Å²) in [6, 6.07) is 10.1. The van der Waals surface area contributed by atoms with Gasteiger partial charge in [-0.2, -0.15) is 0 Å². The zero-order valence-electron chi connectivity index (χ0n) is 11.0. The Balaban J connectivity index is 1.96. The fraction of sp³-hybridized carbons (Fsp3) is 0.533. The Bertz CT molecular complexity index is 373. The molecule has 0 spiro atoms. The van der Waals surface area contributed by atoms with Gasteiger partial charge in [-0.1, -0.05) is 43.3 Å². The summed E-state index contributed by atoms with van der Waals surface area (Å²) in [5.74, 6) is 0. The third-order valence-electron chi connectivity index (χ3n) is 3.45. The zero-order valence-corrected chi connectivity index (χ0v) is 11.8. The molecule has 2 rings (SSSR count). The van der Waals surface area contributed by atoms with Crippen LogP contribution in [0.1, 0.15) is 32.6 Å². The van der Waals surface area contributed by atoms with Gasteiger partial charge in [0.25, 0.3) is 0 Å². The molecular formula is C15H21NOS. The monoisotopic (exact) mass is 263 g/mol. The van der Waals surface area contributed by atoms with Gasteiger partial charge in [-0.25, -0.2) is 0 Å². The highest BCUT2D eigenvalue weighted by Gasteiger charge is 2.25. The second-order valence-corrected chi connectivity index (χ2v) is 5.83. The van der Waals surface area contributed by atoms with E-state index in [1.807, 2.05) is 30.3 Å². The third-order valence-corrected chi connectivity index (χ3v) is 4.43. The van der Waals surface area contributed by atoms with E-state index in [-0.39, 0.29) is 6.04 Å². The van der Waals surface area contributed by atoms with Crippen molar-refractivity contribution in [1.29, 1.82) is 0 Å². The SMILES string of the molecule is CCC(C(=O)Sc1ccccc1)N1CCCCC1. The molecule has 1 atom stereocenters. The minimum Gasteiger partial charge on any atom is -0.293 e. The molecule has 1 aromatic rings. The molecule has 1 aliphatic rings. The number of hydrogen-bond donors (Lipinski definition) is 0. The zero-order chi connectivity index (χ0) is 12.8. The van der Waals surface area contributed by atoms with Crippen molar-refractivity contribution in [2.24, 2.45) is 0 Å². The van der Waals surface area contributed by atoms with E-state index in [1.165, 1.54) is 31.0 Å². The predicted octanol–water partition coefficient (Wildman–Crippen LogP) is 3.57. The molecule has 1 aliphatic heterocycles. The van der Waals surface area contributed by atoms with Gasteiger partial charge in [-0.15, -0.1) is 0 Å². The van der Waals surface area contributed by atoms with Crippen LogP contribution < -0.4 is 0 Å². The number of thioether (sulfide) groups is 1. The molecule has 1 fully saturated rings. The van der Waals surface area contributed by atoms with E-state index in [0.29, 0.717) is 5.12 Å². The van der Waals surface area contributed by atoms with Crippen LogP contribution in [0.4, 0.5) is 0 Å². The van der Waals surface area contributed by atoms with Gasteiger partial charge in [0.2, 0.25) is 5.12 Å².